The fraction of sp³-hybridized carbons (Fsp3) is 0.211. The topological polar surface area (TPSA) is 98.4 Å². The number of methoxy groups -OCH3 is 1. The van der Waals surface area contributed by atoms with Crippen molar-refractivity contribution in [3.8, 4) is 23.0 Å². The molecular weight excluding hydrogens is 340 g/mol. The number of aliphatic hydroxyl groups is 1. The summed E-state index contributed by atoms with van der Waals surface area (Å²) in [5, 5.41) is 20.2. The molecule has 1 aromatic heterocycles. The van der Waals surface area contributed by atoms with Crippen molar-refractivity contribution in [2.45, 2.75) is 12.2 Å². The molecule has 0 saturated carbocycles. The van der Waals surface area contributed by atoms with E-state index in [1.807, 2.05) is 0 Å². The lowest BCUT2D eigenvalue weighted by Crippen LogP contribution is -2.36. The van der Waals surface area contributed by atoms with E-state index in [2.05, 4.69) is 0 Å². The van der Waals surface area contributed by atoms with Crippen molar-refractivity contribution in [1.29, 1.82) is 0 Å². The van der Waals surface area contributed by atoms with Crippen LogP contribution in [0.25, 0.3) is 11.0 Å². The van der Waals surface area contributed by atoms with Gasteiger partial charge in [-0.2, -0.15) is 0 Å². The Labute approximate surface area is 148 Å². The molecule has 0 spiro atoms. The summed E-state index contributed by atoms with van der Waals surface area (Å²) in [5.41, 5.74) is 0.439. The molecule has 2 aromatic carbocycles. The van der Waals surface area contributed by atoms with Gasteiger partial charge in [0.2, 0.25) is 5.75 Å². The smallest absolute Gasteiger partial charge is 0.336 e. The van der Waals surface area contributed by atoms with Crippen LogP contribution in [0.4, 0.5) is 0 Å². The Morgan fingerprint density at radius 2 is 1.92 bits per heavy atom. The number of ether oxygens (including phenoxy) is 3. The Bertz CT molecular complexity index is 1020. The second-order valence-corrected chi connectivity index (χ2v) is 5.87. The van der Waals surface area contributed by atoms with Gasteiger partial charge >= 0.3 is 5.63 Å². The first-order valence-electron chi connectivity index (χ1n) is 7.98. The molecule has 0 fully saturated rings. The summed E-state index contributed by atoms with van der Waals surface area (Å²) in [6.45, 7) is -0.319. The SMILES string of the molecule is COc1cc([C@@H]2Oc3ccc4ccc(=O)oc4c3O[C@@H]2CO)ccc1O. The molecule has 1 aliphatic rings. The van der Waals surface area contributed by atoms with Crippen LogP contribution < -0.4 is 19.8 Å². The zero-order chi connectivity index (χ0) is 18.3. The maximum atomic E-state index is 11.6. The molecule has 0 unspecified atom stereocenters. The number of fused-ring (bicyclic) bond motifs is 3. The van der Waals surface area contributed by atoms with Gasteiger partial charge in [0, 0.05) is 17.0 Å². The lowest BCUT2D eigenvalue weighted by molar-refractivity contribution is -0.0118. The van der Waals surface area contributed by atoms with Gasteiger partial charge in [-0.3, -0.25) is 0 Å². The molecule has 0 saturated heterocycles. The molecule has 4 rings (SSSR count). The van der Waals surface area contributed by atoms with Crippen molar-refractivity contribution >= 4 is 11.0 Å². The third kappa shape index (κ3) is 2.62. The molecule has 134 valence electrons. The summed E-state index contributed by atoms with van der Waals surface area (Å²) < 4.78 is 22.3. The first-order valence-corrected chi connectivity index (χ1v) is 7.98. The summed E-state index contributed by atoms with van der Waals surface area (Å²) in [5.74, 6) is 0.967. The normalized spacial score (nSPS) is 18.7. The highest BCUT2D eigenvalue weighted by molar-refractivity contribution is 5.85. The zero-order valence-electron chi connectivity index (χ0n) is 13.8. The van der Waals surface area contributed by atoms with Crippen LogP contribution in [-0.2, 0) is 0 Å². The minimum atomic E-state index is -0.729. The molecule has 7 heteroatoms. The Kier molecular flexibility index (Phi) is 3.93. The van der Waals surface area contributed by atoms with Crippen LogP contribution in [0.15, 0.2) is 51.7 Å². The van der Waals surface area contributed by atoms with E-state index in [9.17, 15) is 15.0 Å². The number of rotatable bonds is 3. The van der Waals surface area contributed by atoms with E-state index in [1.54, 1.807) is 30.3 Å². The second-order valence-electron chi connectivity index (χ2n) is 5.87. The molecule has 3 aromatic rings. The Balaban J connectivity index is 1.80. The number of hydrogen-bond donors (Lipinski definition) is 2. The maximum absolute atomic E-state index is 11.6. The minimum absolute atomic E-state index is 0.00157. The average Bonchev–Trinajstić information content (AvgIpc) is 2.67. The number of benzene rings is 2. The number of hydrogen-bond acceptors (Lipinski definition) is 7. The largest absolute Gasteiger partial charge is 0.504 e. The summed E-state index contributed by atoms with van der Waals surface area (Å²) >= 11 is 0. The van der Waals surface area contributed by atoms with Gasteiger partial charge in [0.05, 0.1) is 13.7 Å². The molecule has 7 nitrogen and oxygen atoms in total. The fourth-order valence-corrected chi connectivity index (χ4v) is 3.01. The molecule has 26 heavy (non-hydrogen) atoms. The van der Waals surface area contributed by atoms with E-state index in [0.717, 1.165) is 0 Å². The summed E-state index contributed by atoms with van der Waals surface area (Å²) in [4.78, 5) is 11.6. The zero-order valence-corrected chi connectivity index (χ0v) is 13.8. The molecule has 2 N–H and O–H groups in total. The Morgan fingerprint density at radius 1 is 1.12 bits per heavy atom. The van der Waals surface area contributed by atoms with Gasteiger partial charge in [-0.15, -0.1) is 0 Å². The van der Waals surface area contributed by atoms with Crippen molar-refractivity contribution in [2.24, 2.45) is 0 Å². The summed E-state index contributed by atoms with van der Waals surface area (Å²) in [6, 6.07) is 11.2. The van der Waals surface area contributed by atoms with E-state index in [4.69, 9.17) is 18.6 Å². The van der Waals surface area contributed by atoms with Crippen molar-refractivity contribution < 1.29 is 28.8 Å². The third-order valence-electron chi connectivity index (χ3n) is 4.28. The summed E-state index contributed by atoms with van der Waals surface area (Å²) in [7, 11) is 1.45. The second kappa shape index (κ2) is 6.27. The first-order chi connectivity index (χ1) is 12.6. The van der Waals surface area contributed by atoms with Crippen LogP contribution in [0, 0.1) is 0 Å². The van der Waals surface area contributed by atoms with Crippen molar-refractivity contribution in [1.82, 2.24) is 0 Å². The van der Waals surface area contributed by atoms with E-state index < -0.39 is 17.8 Å². The van der Waals surface area contributed by atoms with Gasteiger partial charge in [-0.05, 0) is 30.3 Å². The standard InChI is InChI=1S/C19H16O7/c1-23-14-8-11(2-5-12(14)21)17-15(9-20)25-19-13(24-17)6-3-10-4-7-16(22)26-18(10)19/h2-8,15,17,20-21H,9H2,1H3/t15-,17+/m1/s1. The highest BCUT2D eigenvalue weighted by atomic mass is 16.6. The maximum Gasteiger partial charge on any atom is 0.336 e. The Morgan fingerprint density at radius 3 is 2.69 bits per heavy atom. The van der Waals surface area contributed by atoms with Crippen LogP contribution in [0.5, 0.6) is 23.0 Å². The molecule has 2 heterocycles. The van der Waals surface area contributed by atoms with Crippen LogP contribution in [0.2, 0.25) is 0 Å². The number of phenols is 1. The van der Waals surface area contributed by atoms with Crippen molar-refractivity contribution in [3.63, 3.8) is 0 Å². The third-order valence-corrected chi connectivity index (χ3v) is 4.28. The molecular formula is C19H16O7. The first kappa shape index (κ1) is 16.3. The highest BCUT2D eigenvalue weighted by Gasteiger charge is 2.34. The van der Waals surface area contributed by atoms with Gasteiger partial charge in [-0.1, -0.05) is 6.07 Å². The summed E-state index contributed by atoms with van der Waals surface area (Å²) in [6.07, 6.45) is -1.36. The van der Waals surface area contributed by atoms with Gasteiger partial charge in [0.15, 0.2) is 35.0 Å². The van der Waals surface area contributed by atoms with Crippen molar-refractivity contribution in [2.75, 3.05) is 13.7 Å². The molecule has 0 radical (unpaired) electrons. The van der Waals surface area contributed by atoms with Crippen LogP contribution in [-0.4, -0.2) is 30.0 Å². The van der Waals surface area contributed by atoms with Crippen molar-refractivity contribution in [3.05, 3.63) is 58.4 Å². The molecule has 0 aliphatic carbocycles. The van der Waals surface area contributed by atoms with E-state index in [-0.39, 0.29) is 29.4 Å². The van der Waals surface area contributed by atoms with Gasteiger partial charge in [0.1, 0.15) is 0 Å². The van der Waals surface area contributed by atoms with E-state index in [0.29, 0.717) is 16.7 Å². The predicted octanol–water partition coefficient (Wildman–Crippen LogP) is 2.38. The van der Waals surface area contributed by atoms with Gasteiger partial charge in [0.25, 0.3) is 0 Å². The number of phenolic OH excluding ortho intramolecular Hbond substituents is 1. The van der Waals surface area contributed by atoms with Gasteiger partial charge < -0.3 is 28.8 Å². The van der Waals surface area contributed by atoms with Crippen LogP contribution in [0.3, 0.4) is 0 Å². The quantitative estimate of drug-likeness (QED) is 0.695. The fourth-order valence-electron chi connectivity index (χ4n) is 3.01. The van der Waals surface area contributed by atoms with Gasteiger partial charge in [-0.25, -0.2) is 4.79 Å². The monoisotopic (exact) mass is 356 g/mol. The lowest BCUT2D eigenvalue weighted by Gasteiger charge is -2.33. The molecule has 0 amide bonds. The average molecular weight is 356 g/mol. The Hall–Kier alpha value is -3.19. The highest BCUT2D eigenvalue weighted by Crippen LogP contribution is 2.44. The van der Waals surface area contributed by atoms with Crippen LogP contribution >= 0.6 is 0 Å². The van der Waals surface area contributed by atoms with E-state index in [1.165, 1.54) is 19.2 Å². The molecule has 0 bridgehead atoms. The van der Waals surface area contributed by atoms with E-state index >= 15 is 0 Å². The molecule has 2 atom stereocenters. The lowest BCUT2D eigenvalue weighted by atomic mass is 10.0. The molecule has 1 aliphatic heterocycles. The predicted molar refractivity (Wildman–Crippen MR) is 92.0 cm³/mol. The minimum Gasteiger partial charge on any atom is -0.504 e. The van der Waals surface area contributed by atoms with Crippen LogP contribution in [0.1, 0.15) is 11.7 Å². The number of aliphatic hydroxyl groups excluding tert-OH is 1. The number of aromatic hydroxyl groups is 1.